The summed E-state index contributed by atoms with van der Waals surface area (Å²) in [6.45, 7) is 6.08. The lowest BCUT2D eigenvalue weighted by atomic mass is 9.81. The predicted molar refractivity (Wildman–Crippen MR) is 112 cm³/mol. The number of H-pyrrole nitrogens is 1. The molecular formula is C23H29NO6. The third kappa shape index (κ3) is 4.01. The van der Waals surface area contributed by atoms with Gasteiger partial charge in [-0.05, 0) is 48.4 Å². The van der Waals surface area contributed by atoms with Crippen molar-refractivity contribution in [3.8, 4) is 17.2 Å². The van der Waals surface area contributed by atoms with Gasteiger partial charge in [-0.25, -0.2) is 4.79 Å². The molecule has 0 saturated carbocycles. The van der Waals surface area contributed by atoms with Gasteiger partial charge >= 0.3 is 5.97 Å². The number of Topliss-reactive ketones (excluding diaryl/α,β-unsaturated/α-hetero) is 1. The van der Waals surface area contributed by atoms with E-state index in [1.807, 2.05) is 26.0 Å². The third-order valence-electron chi connectivity index (χ3n) is 5.40. The average molecular weight is 415 g/mol. The zero-order valence-electron chi connectivity index (χ0n) is 18.4. The van der Waals surface area contributed by atoms with Gasteiger partial charge in [-0.3, -0.25) is 4.79 Å². The minimum Gasteiger partial charge on any atom is -0.493 e. The van der Waals surface area contributed by atoms with E-state index >= 15 is 0 Å². The third-order valence-corrected chi connectivity index (χ3v) is 5.40. The van der Waals surface area contributed by atoms with E-state index < -0.39 is 5.97 Å². The molecule has 0 amide bonds. The summed E-state index contributed by atoms with van der Waals surface area (Å²) in [6.07, 6.45) is 0.933. The van der Waals surface area contributed by atoms with Gasteiger partial charge in [0.25, 0.3) is 0 Å². The quantitative estimate of drug-likeness (QED) is 0.686. The van der Waals surface area contributed by atoms with Crippen molar-refractivity contribution in [2.75, 3.05) is 27.9 Å². The molecule has 1 N–H and O–H groups in total. The highest BCUT2D eigenvalue weighted by atomic mass is 16.5. The summed E-state index contributed by atoms with van der Waals surface area (Å²) >= 11 is 0. The highest BCUT2D eigenvalue weighted by Crippen LogP contribution is 2.43. The summed E-state index contributed by atoms with van der Waals surface area (Å²) in [5.41, 5.74) is 3.31. The van der Waals surface area contributed by atoms with E-state index in [1.165, 1.54) is 0 Å². The summed E-state index contributed by atoms with van der Waals surface area (Å²) in [5, 5.41) is 0. The molecule has 1 heterocycles. The topological polar surface area (TPSA) is 86.9 Å². The molecule has 1 atom stereocenters. The van der Waals surface area contributed by atoms with Gasteiger partial charge in [0.2, 0.25) is 5.75 Å². The number of hydrogen-bond acceptors (Lipinski definition) is 6. The number of methoxy groups -OCH3 is 3. The molecule has 0 radical (unpaired) electrons. The number of rotatable bonds is 7. The Hall–Kier alpha value is -2.96. The number of benzene rings is 1. The van der Waals surface area contributed by atoms with Crippen LogP contribution in [0.4, 0.5) is 0 Å². The largest absolute Gasteiger partial charge is 0.493 e. The maximum atomic E-state index is 13.0. The second kappa shape index (κ2) is 8.81. The number of fused-ring (bicyclic) bond motifs is 1. The molecule has 1 aliphatic rings. The molecule has 30 heavy (non-hydrogen) atoms. The maximum absolute atomic E-state index is 13.0. The van der Waals surface area contributed by atoms with Crippen LogP contribution in [0, 0.1) is 12.8 Å². The number of carbonyl (C=O) groups excluding carboxylic acids is 2. The Morgan fingerprint density at radius 2 is 1.73 bits per heavy atom. The molecule has 0 saturated heterocycles. The number of hydrogen-bond donors (Lipinski definition) is 1. The Kier molecular flexibility index (Phi) is 6.39. The van der Waals surface area contributed by atoms with Gasteiger partial charge in [0.1, 0.15) is 5.69 Å². The first-order valence-electron chi connectivity index (χ1n) is 10.0. The maximum Gasteiger partial charge on any atom is 0.355 e. The fourth-order valence-corrected chi connectivity index (χ4v) is 3.92. The van der Waals surface area contributed by atoms with E-state index in [2.05, 4.69) is 4.98 Å². The molecule has 1 aliphatic carbocycles. The molecule has 2 aromatic rings. The van der Waals surface area contributed by atoms with Crippen LogP contribution >= 0.6 is 0 Å². The Morgan fingerprint density at radius 3 is 2.27 bits per heavy atom. The van der Waals surface area contributed by atoms with E-state index in [-0.39, 0.29) is 17.6 Å². The second-order valence-corrected chi connectivity index (χ2v) is 7.96. The molecule has 3 rings (SSSR count). The van der Waals surface area contributed by atoms with Gasteiger partial charge in [0, 0.05) is 17.7 Å². The van der Waals surface area contributed by atoms with E-state index in [0.29, 0.717) is 53.5 Å². The normalized spacial score (nSPS) is 15.7. The fraction of sp³-hybridized carbons (Fsp3) is 0.478. The van der Waals surface area contributed by atoms with Gasteiger partial charge in [0.15, 0.2) is 17.3 Å². The van der Waals surface area contributed by atoms with Crippen LogP contribution in [0.1, 0.15) is 63.9 Å². The molecule has 0 spiro atoms. The Bertz CT molecular complexity index is 934. The zero-order valence-corrected chi connectivity index (χ0v) is 18.4. The van der Waals surface area contributed by atoms with Crippen molar-refractivity contribution in [2.24, 2.45) is 5.92 Å². The summed E-state index contributed by atoms with van der Waals surface area (Å²) in [4.78, 5) is 28.6. The Balaban J connectivity index is 1.94. The van der Waals surface area contributed by atoms with Gasteiger partial charge in [0.05, 0.1) is 27.9 Å². The van der Waals surface area contributed by atoms with Crippen LogP contribution in [0.2, 0.25) is 0 Å². The zero-order chi connectivity index (χ0) is 22.0. The molecule has 162 valence electrons. The van der Waals surface area contributed by atoms with E-state index in [1.54, 1.807) is 28.3 Å². The lowest BCUT2D eigenvalue weighted by Crippen LogP contribution is -2.19. The first-order chi connectivity index (χ1) is 14.3. The standard InChI is InChI=1S/C23H29NO6/c1-12(2)11-30-23(26)21-13(3)20-16(24-21)7-14(8-17(20)25)15-9-18(27-4)22(29-6)19(10-15)28-5/h9-10,12,14,24H,7-8,11H2,1-6H3/t14-/m0/s1. The van der Waals surface area contributed by atoms with Crippen molar-refractivity contribution >= 4 is 11.8 Å². The van der Waals surface area contributed by atoms with Crippen molar-refractivity contribution in [2.45, 2.75) is 39.5 Å². The Morgan fingerprint density at radius 1 is 1.10 bits per heavy atom. The van der Waals surface area contributed by atoms with Crippen molar-refractivity contribution in [1.29, 1.82) is 0 Å². The number of aromatic nitrogens is 1. The summed E-state index contributed by atoms with van der Waals surface area (Å²) in [6, 6.07) is 3.75. The molecule has 1 aromatic carbocycles. The van der Waals surface area contributed by atoms with Crippen LogP contribution in [-0.4, -0.2) is 44.7 Å². The van der Waals surface area contributed by atoms with Crippen LogP contribution < -0.4 is 14.2 Å². The molecule has 0 fully saturated rings. The van der Waals surface area contributed by atoms with E-state index in [0.717, 1.165) is 11.3 Å². The smallest absolute Gasteiger partial charge is 0.355 e. The SMILES string of the molecule is COc1cc([C@@H]2CC(=O)c3c([nH]c(C(=O)OCC(C)C)c3C)C2)cc(OC)c1OC. The van der Waals surface area contributed by atoms with Crippen molar-refractivity contribution in [3.63, 3.8) is 0 Å². The minimum absolute atomic E-state index is 0.00617. The minimum atomic E-state index is -0.423. The number of aromatic amines is 1. The number of carbonyl (C=O) groups is 2. The molecule has 0 aliphatic heterocycles. The molecule has 7 heteroatoms. The van der Waals surface area contributed by atoms with Crippen LogP contribution in [-0.2, 0) is 11.2 Å². The number of esters is 1. The predicted octanol–water partition coefficient (Wildman–Crippen LogP) is 4.07. The molecule has 0 bridgehead atoms. The van der Waals surface area contributed by atoms with Crippen LogP contribution in [0.15, 0.2) is 12.1 Å². The van der Waals surface area contributed by atoms with Gasteiger partial charge < -0.3 is 23.9 Å². The summed E-state index contributed by atoms with van der Waals surface area (Å²) in [7, 11) is 4.68. The van der Waals surface area contributed by atoms with Crippen LogP contribution in [0.5, 0.6) is 17.2 Å². The van der Waals surface area contributed by atoms with E-state index in [4.69, 9.17) is 18.9 Å². The highest BCUT2D eigenvalue weighted by molar-refractivity contribution is 6.03. The van der Waals surface area contributed by atoms with Gasteiger partial charge in [-0.2, -0.15) is 0 Å². The first-order valence-corrected chi connectivity index (χ1v) is 10.0. The molecule has 0 unspecified atom stereocenters. The summed E-state index contributed by atoms with van der Waals surface area (Å²) in [5.74, 6) is 1.36. The number of ketones is 1. The monoisotopic (exact) mass is 415 g/mol. The second-order valence-electron chi connectivity index (χ2n) is 7.96. The van der Waals surface area contributed by atoms with Crippen molar-refractivity contribution in [1.82, 2.24) is 4.98 Å². The van der Waals surface area contributed by atoms with Crippen LogP contribution in [0.25, 0.3) is 0 Å². The molecule has 1 aromatic heterocycles. The lowest BCUT2D eigenvalue weighted by Gasteiger charge is -2.24. The summed E-state index contributed by atoms with van der Waals surface area (Å²) < 4.78 is 21.6. The first kappa shape index (κ1) is 21.7. The molecular weight excluding hydrogens is 386 g/mol. The Labute approximate surface area is 176 Å². The highest BCUT2D eigenvalue weighted by Gasteiger charge is 2.33. The van der Waals surface area contributed by atoms with Crippen LogP contribution in [0.3, 0.4) is 0 Å². The van der Waals surface area contributed by atoms with Crippen molar-refractivity contribution < 1.29 is 28.5 Å². The number of ether oxygens (including phenoxy) is 4. The average Bonchev–Trinajstić information content (AvgIpc) is 3.07. The van der Waals surface area contributed by atoms with Crippen molar-refractivity contribution in [3.05, 3.63) is 40.2 Å². The van der Waals surface area contributed by atoms with Gasteiger partial charge in [-0.15, -0.1) is 0 Å². The fourth-order valence-electron chi connectivity index (χ4n) is 3.92. The lowest BCUT2D eigenvalue weighted by molar-refractivity contribution is 0.0451. The van der Waals surface area contributed by atoms with Gasteiger partial charge in [-0.1, -0.05) is 13.8 Å². The molecule has 7 nitrogen and oxygen atoms in total. The van der Waals surface area contributed by atoms with E-state index in [9.17, 15) is 9.59 Å². The number of nitrogens with one attached hydrogen (secondary N) is 1.